The summed E-state index contributed by atoms with van der Waals surface area (Å²) in [5.74, 6) is 1.07. The van der Waals surface area contributed by atoms with E-state index in [1.807, 2.05) is 0 Å². The molecular formula is C34H54O2. The third kappa shape index (κ3) is 5.79. The molecule has 0 saturated heterocycles. The van der Waals surface area contributed by atoms with E-state index >= 15 is 0 Å². The van der Waals surface area contributed by atoms with Gasteiger partial charge in [-0.15, -0.1) is 0 Å². The molecular weight excluding hydrogens is 440 g/mol. The van der Waals surface area contributed by atoms with E-state index in [2.05, 4.69) is 116 Å². The number of phenolic OH excluding ortho intramolecular Hbond substituents is 2. The van der Waals surface area contributed by atoms with Crippen LogP contribution in [0.15, 0.2) is 12.1 Å². The summed E-state index contributed by atoms with van der Waals surface area (Å²) in [6, 6.07) is 4.56. The zero-order chi connectivity index (χ0) is 28.2. The smallest absolute Gasteiger partial charge is 0.123 e. The van der Waals surface area contributed by atoms with Crippen molar-refractivity contribution in [3.63, 3.8) is 0 Å². The number of hydrogen-bond acceptors (Lipinski definition) is 2. The molecule has 2 rings (SSSR count). The van der Waals surface area contributed by atoms with Crippen molar-refractivity contribution < 1.29 is 10.2 Å². The Balaban J connectivity index is 3.12. The standard InChI is InChI=1S/C34H54O2/c1-16-17-22(23-18-25(31(4,5)6)29(35)27(20(23)2)33(10,11)12)24-19-26(32(7,8)9)30(36)28(21(24)3)34(13,14)15/h18-19,22,35-36H,16-17H2,1-15H3. The van der Waals surface area contributed by atoms with Crippen LogP contribution in [-0.4, -0.2) is 10.2 Å². The van der Waals surface area contributed by atoms with E-state index in [0.29, 0.717) is 11.5 Å². The highest BCUT2D eigenvalue weighted by molar-refractivity contribution is 5.60. The maximum absolute atomic E-state index is 11.5. The van der Waals surface area contributed by atoms with E-state index in [9.17, 15) is 10.2 Å². The number of hydrogen-bond donors (Lipinski definition) is 2. The predicted octanol–water partition coefficient (Wildman–Crippen LogP) is 9.84. The summed E-state index contributed by atoms with van der Waals surface area (Å²) in [5.41, 5.74) is 8.38. The number of phenols is 2. The Hall–Kier alpha value is -1.96. The minimum atomic E-state index is -0.182. The van der Waals surface area contributed by atoms with Crippen LogP contribution in [0.3, 0.4) is 0 Å². The first-order chi connectivity index (χ1) is 16.0. The molecule has 0 atom stereocenters. The highest BCUT2D eigenvalue weighted by Crippen LogP contribution is 2.49. The van der Waals surface area contributed by atoms with Gasteiger partial charge < -0.3 is 10.2 Å². The average molecular weight is 495 g/mol. The second-order valence-electron chi connectivity index (χ2n) is 15.1. The average Bonchev–Trinajstić information content (AvgIpc) is 2.63. The first-order valence-electron chi connectivity index (χ1n) is 13.8. The summed E-state index contributed by atoms with van der Waals surface area (Å²) in [7, 11) is 0. The van der Waals surface area contributed by atoms with Crippen LogP contribution < -0.4 is 0 Å². The van der Waals surface area contributed by atoms with Gasteiger partial charge in [-0.1, -0.05) is 109 Å². The molecule has 202 valence electrons. The molecule has 2 aromatic rings. The SMILES string of the molecule is CCCC(c1cc(C(C)(C)C)c(O)c(C(C)(C)C)c1C)c1cc(C(C)(C)C)c(O)c(C(C)(C)C)c1C. The van der Waals surface area contributed by atoms with Crippen molar-refractivity contribution in [2.75, 3.05) is 0 Å². The fourth-order valence-corrected chi connectivity index (χ4v) is 6.05. The molecule has 0 unspecified atom stereocenters. The number of benzene rings is 2. The molecule has 0 bridgehead atoms. The Labute approximate surface area is 222 Å². The van der Waals surface area contributed by atoms with Gasteiger partial charge in [-0.05, 0) is 75.3 Å². The normalized spacial score (nSPS) is 13.6. The van der Waals surface area contributed by atoms with Crippen molar-refractivity contribution in [1.29, 1.82) is 0 Å². The van der Waals surface area contributed by atoms with Gasteiger partial charge in [0.05, 0.1) is 0 Å². The summed E-state index contributed by atoms with van der Waals surface area (Å²) in [5, 5.41) is 23.0. The van der Waals surface area contributed by atoms with E-state index in [-0.39, 0.29) is 27.6 Å². The van der Waals surface area contributed by atoms with Crippen molar-refractivity contribution in [2.45, 2.75) is 144 Å². The summed E-state index contributed by atoms with van der Waals surface area (Å²) < 4.78 is 0. The second kappa shape index (κ2) is 9.73. The van der Waals surface area contributed by atoms with Crippen LogP contribution in [0.25, 0.3) is 0 Å². The fourth-order valence-electron chi connectivity index (χ4n) is 6.05. The molecule has 2 nitrogen and oxygen atoms in total. The Kier molecular flexibility index (Phi) is 8.18. The van der Waals surface area contributed by atoms with Gasteiger partial charge in [-0.3, -0.25) is 0 Å². The largest absolute Gasteiger partial charge is 0.507 e. The van der Waals surface area contributed by atoms with Crippen molar-refractivity contribution in [3.8, 4) is 11.5 Å². The number of rotatable bonds is 4. The predicted molar refractivity (Wildman–Crippen MR) is 157 cm³/mol. The van der Waals surface area contributed by atoms with Gasteiger partial charge in [0.1, 0.15) is 11.5 Å². The number of aromatic hydroxyl groups is 2. The van der Waals surface area contributed by atoms with Crippen molar-refractivity contribution in [1.82, 2.24) is 0 Å². The molecule has 0 amide bonds. The molecule has 36 heavy (non-hydrogen) atoms. The first kappa shape index (κ1) is 30.3. The van der Waals surface area contributed by atoms with Crippen LogP contribution in [0.4, 0.5) is 0 Å². The van der Waals surface area contributed by atoms with E-state index in [1.165, 1.54) is 22.3 Å². The van der Waals surface area contributed by atoms with Crippen molar-refractivity contribution >= 4 is 0 Å². The van der Waals surface area contributed by atoms with Crippen LogP contribution >= 0.6 is 0 Å². The van der Waals surface area contributed by atoms with E-state index < -0.39 is 0 Å². The van der Waals surface area contributed by atoms with E-state index in [0.717, 1.165) is 35.1 Å². The maximum Gasteiger partial charge on any atom is 0.123 e. The zero-order valence-electron chi connectivity index (χ0n) is 26.0. The van der Waals surface area contributed by atoms with Gasteiger partial charge >= 0.3 is 0 Å². The maximum atomic E-state index is 11.5. The van der Waals surface area contributed by atoms with E-state index in [1.54, 1.807) is 0 Å². The van der Waals surface area contributed by atoms with Gasteiger partial charge in [-0.25, -0.2) is 0 Å². The quantitative estimate of drug-likeness (QED) is 0.444. The molecule has 0 spiro atoms. The Bertz CT molecular complexity index is 1020. The lowest BCUT2D eigenvalue weighted by molar-refractivity contribution is 0.420. The molecule has 0 aliphatic carbocycles. The summed E-state index contributed by atoms with van der Waals surface area (Å²) in [6.07, 6.45) is 2.06. The highest BCUT2D eigenvalue weighted by atomic mass is 16.3. The Morgan fingerprint density at radius 3 is 1.11 bits per heavy atom. The third-order valence-electron chi connectivity index (χ3n) is 7.64. The van der Waals surface area contributed by atoms with Crippen LogP contribution in [0, 0.1) is 13.8 Å². The van der Waals surface area contributed by atoms with Crippen molar-refractivity contribution in [2.24, 2.45) is 0 Å². The minimum Gasteiger partial charge on any atom is -0.507 e. The Morgan fingerprint density at radius 1 is 0.583 bits per heavy atom. The lowest BCUT2D eigenvalue weighted by atomic mass is 9.70. The van der Waals surface area contributed by atoms with Gasteiger partial charge in [-0.2, -0.15) is 0 Å². The Morgan fingerprint density at radius 2 is 0.889 bits per heavy atom. The monoisotopic (exact) mass is 494 g/mol. The van der Waals surface area contributed by atoms with Crippen LogP contribution in [0.2, 0.25) is 0 Å². The van der Waals surface area contributed by atoms with E-state index in [4.69, 9.17) is 0 Å². The molecule has 0 aliphatic heterocycles. The lowest BCUT2D eigenvalue weighted by Crippen LogP contribution is -2.23. The topological polar surface area (TPSA) is 40.5 Å². The summed E-state index contributed by atoms with van der Waals surface area (Å²) in [6.45, 7) is 32.9. The first-order valence-corrected chi connectivity index (χ1v) is 13.8. The summed E-state index contributed by atoms with van der Waals surface area (Å²) in [4.78, 5) is 0. The molecule has 0 aromatic heterocycles. The van der Waals surface area contributed by atoms with Gasteiger partial charge in [0.25, 0.3) is 0 Å². The second-order valence-corrected chi connectivity index (χ2v) is 15.1. The van der Waals surface area contributed by atoms with Crippen LogP contribution in [0.5, 0.6) is 11.5 Å². The van der Waals surface area contributed by atoms with Gasteiger partial charge in [0, 0.05) is 17.0 Å². The molecule has 0 radical (unpaired) electrons. The fraction of sp³-hybridized carbons (Fsp3) is 0.647. The molecule has 2 N–H and O–H groups in total. The molecule has 2 aromatic carbocycles. The molecule has 2 heteroatoms. The molecule has 0 aliphatic rings. The van der Waals surface area contributed by atoms with Crippen molar-refractivity contribution in [3.05, 3.63) is 56.6 Å². The minimum absolute atomic E-state index is 0.180. The third-order valence-corrected chi connectivity index (χ3v) is 7.64. The van der Waals surface area contributed by atoms with Gasteiger partial charge in [0.2, 0.25) is 0 Å². The zero-order valence-corrected chi connectivity index (χ0v) is 26.0. The molecule has 0 saturated carbocycles. The lowest BCUT2D eigenvalue weighted by Gasteiger charge is -2.35. The molecule has 0 fully saturated rings. The molecule has 0 heterocycles. The van der Waals surface area contributed by atoms with Gasteiger partial charge in [0.15, 0.2) is 0 Å². The summed E-state index contributed by atoms with van der Waals surface area (Å²) >= 11 is 0. The highest BCUT2D eigenvalue weighted by Gasteiger charge is 2.34. The van der Waals surface area contributed by atoms with Crippen LogP contribution in [-0.2, 0) is 21.7 Å². The van der Waals surface area contributed by atoms with Crippen LogP contribution in [0.1, 0.15) is 153 Å².